The van der Waals surface area contributed by atoms with Crippen LogP contribution in [0.1, 0.15) is 129 Å². The molecule has 25 nitrogen and oxygen atoms in total. The van der Waals surface area contributed by atoms with Crippen molar-refractivity contribution >= 4 is 41.4 Å². The van der Waals surface area contributed by atoms with Crippen LogP contribution in [-0.2, 0) is 33.6 Å². The molecule has 0 spiro atoms. The fourth-order valence-electron chi connectivity index (χ4n) is 10.2. The minimum Gasteiger partial charge on any atom is -0.508 e. The Morgan fingerprint density at radius 2 is 1.34 bits per heavy atom. The Hall–Kier alpha value is -5.09. The van der Waals surface area contributed by atoms with E-state index in [0.717, 1.165) is 55.2 Å². The third-order valence-corrected chi connectivity index (χ3v) is 14.9. The average molecular weight is 1090 g/mol. The number of benzene rings is 1. The second-order valence-corrected chi connectivity index (χ2v) is 21.3. The summed E-state index contributed by atoms with van der Waals surface area (Å²) in [6.45, 7) is 6.73. The summed E-state index contributed by atoms with van der Waals surface area (Å²) in [6, 6.07) is -6.40. The zero-order valence-electron chi connectivity index (χ0n) is 45.0. The highest BCUT2D eigenvalue weighted by atomic mass is 16.3. The van der Waals surface area contributed by atoms with E-state index in [0.29, 0.717) is 24.7 Å². The first-order valence-electron chi connectivity index (χ1n) is 27.3. The van der Waals surface area contributed by atoms with Gasteiger partial charge >= 0.3 is 0 Å². The number of aliphatic hydroxyl groups excluding tert-OH is 7. The largest absolute Gasteiger partial charge is 0.508 e. The molecule has 0 aromatic heterocycles. The number of rotatable bonds is 23. The van der Waals surface area contributed by atoms with Crippen LogP contribution in [-0.4, -0.2) is 204 Å². The molecule has 77 heavy (non-hydrogen) atoms. The van der Waals surface area contributed by atoms with Crippen molar-refractivity contribution in [3.05, 3.63) is 29.8 Å². The molecule has 3 heterocycles. The number of amides is 7. The maximum Gasteiger partial charge on any atom is 0.248 e. The maximum atomic E-state index is 14.6. The molecule has 3 saturated heterocycles. The van der Waals surface area contributed by atoms with Crippen LogP contribution >= 0.6 is 0 Å². The monoisotopic (exact) mass is 1090 g/mol. The summed E-state index contributed by atoms with van der Waals surface area (Å²) in [5.41, 5.74) is 11.5. The highest BCUT2D eigenvalue weighted by Gasteiger charge is 2.49. The topological polar surface area (TPSA) is 412 Å². The summed E-state index contributed by atoms with van der Waals surface area (Å²) >= 11 is 0. The number of unbranched alkanes of at least 4 members (excludes halogenated alkanes) is 5. The van der Waals surface area contributed by atoms with E-state index in [1.807, 2.05) is 0 Å². The minimum absolute atomic E-state index is 0.0257. The number of hydrogen-bond acceptors (Lipinski definition) is 18. The molecule has 0 aliphatic carbocycles. The van der Waals surface area contributed by atoms with Gasteiger partial charge in [-0.3, -0.25) is 38.9 Å². The van der Waals surface area contributed by atoms with Crippen LogP contribution in [0.5, 0.6) is 5.75 Å². The van der Waals surface area contributed by atoms with Crippen molar-refractivity contribution in [1.29, 1.82) is 0 Å². The number of nitrogens with zero attached hydrogens (tertiary/aromatic N) is 2. The number of nitrogens with two attached hydrogens (primary N) is 2. The number of aromatic hydroxyl groups is 1. The van der Waals surface area contributed by atoms with Crippen LogP contribution in [0.3, 0.4) is 0 Å². The number of hydrogen-bond donors (Lipinski definition) is 16. The number of aliphatic hydroxyl groups is 7. The molecule has 25 heteroatoms. The lowest BCUT2D eigenvalue weighted by molar-refractivity contribution is -0.148. The summed E-state index contributed by atoms with van der Waals surface area (Å²) in [7, 11) is 0. The van der Waals surface area contributed by atoms with Crippen LogP contribution in [0, 0.1) is 11.8 Å². The number of nitrogens with one attached hydrogen (secondary N) is 6. The molecule has 0 bridgehead atoms. The lowest BCUT2D eigenvalue weighted by Gasteiger charge is -2.35. The molecular formula is C52H88N10O15. The van der Waals surface area contributed by atoms with E-state index in [9.17, 15) is 74.4 Å². The smallest absolute Gasteiger partial charge is 0.248 e. The fourth-order valence-corrected chi connectivity index (χ4v) is 10.2. The Morgan fingerprint density at radius 1 is 0.714 bits per heavy atom. The van der Waals surface area contributed by atoms with E-state index >= 15 is 0 Å². The summed E-state index contributed by atoms with van der Waals surface area (Å²) in [5.74, 6) is -6.43. The van der Waals surface area contributed by atoms with Crippen molar-refractivity contribution in [2.75, 3.05) is 32.7 Å². The number of phenolic OH excluding ortho intramolecular Hbond substituents is 1. The molecule has 3 aliphatic heterocycles. The minimum atomic E-state index is -2.28. The SMILES string of the molecule is CC[C@H](C)C[C@@H](C)CCCCCCCCC(=O)N[C@H]1C[C@@H](O)[C@H](NCCN)NC(=O)[C@@H]2[C@@H](O)CCN2C(=O)[C@H]([C@H](O)CCN)NC(=O)[C@H]([C@H](O)[C@@H](O)c2ccc(O)cc2)NC(=O)[C@@H]2C[C@@H](O)CN2C(=O)[C@H]([C@@H](C)O)NC1=O. The lowest BCUT2D eigenvalue weighted by Crippen LogP contribution is -2.65. The van der Waals surface area contributed by atoms with Gasteiger partial charge in [-0.2, -0.15) is 0 Å². The van der Waals surface area contributed by atoms with Gasteiger partial charge in [-0.25, -0.2) is 0 Å². The standard InChI is InChI=1S/C52H88N10O15/c1-5-28(2)24-29(3)12-10-8-6-7-9-11-13-39(69)56-34-26-38(68)46(55-22-21-54)60-50(75)43-37(67)19-23-61(43)52(77)41(36(66)18-20-53)58-49(74)42(45(71)44(70)31-14-16-32(64)17-15-31)59-48(73)35-25-33(65)27-62(35)51(76)40(30(4)63)57-47(34)72/h14-17,28-30,33-38,40-46,55,63-68,70-71H,5-13,18-27,53-54H2,1-4H3,(H,56,69)(H,57,72)(H,58,74)(H,59,73)(H,60,75)/t28-,29-,30+,33+,34-,35-,36+,37-,38+,40-,41-,42-,43-,44-,45-,46+/m0/s1. The molecule has 4 rings (SSSR count). The Bertz CT molecular complexity index is 2070. The van der Waals surface area contributed by atoms with Gasteiger partial charge in [0.1, 0.15) is 60.4 Å². The molecule has 0 saturated carbocycles. The van der Waals surface area contributed by atoms with E-state index in [1.165, 1.54) is 30.7 Å². The number of fused-ring (bicyclic) bond motifs is 2. The summed E-state index contributed by atoms with van der Waals surface area (Å²) in [5, 5.41) is 104. The predicted octanol–water partition coefficient (Wildman–Crippen LogP) is -3.31. The van der Waals surface area contributed by atoms with Crippen molar-refractivity contribution in [2.24, 2.45) is 23.3 Å². The Labute approximate surface area is 450 Å². The molecule has 16 atom stereocenters. The van der Waals surface area contributed by atoms with E-state index in [1.54, 1.807) is 0 Å². The molecule has 0 unspecified atom stereocenters. The van der Waals surface area contributed by atoms with Crippen molar-refractivity contribution in [2.45, 2.75) is 203 Å². The Kier molecular flexibility index (Phi) is 26.4. The van der Waals surface area contributed by atoms with Crippen molar-refractivity contribution in [1.82, 2.24) is 41.7 Å². The summed E-state index contributed by atoms with van der Waals surface area (Å²) < 4.78 is 0. The first kappa shape index (κ1) is 64.4. The van der Waals surface area contributed by atoms with Gasteiger partial charge in [-0.15, -0.1) is 0 Å². The van der Waals surface area contributed by atoms with Crippen LogP contribution in [0.2, 0.25) is 0 Å². The zero-order chi connectivity index (χ0) is 57.1. The van der Waals surface area contributed by atoms with Crippen molar-refractivity contribution < 1.29 is 74.4 Å². The predicted molar refractivity (Wildman–Crippen MR) is 280 cm³/mol. The van der Waals surface area contributed by atoms with Gasteiger partial charge in [0, 0.05) is 45.4 Å². The van der Waals surface area contributed by atoms with Crippen molar-refractivity contribution in [3.8, 4) is 5.75 Å². The van der Waals surface area contributed by atoms with Crippen LogP contribution in [0.4, 0.5) is 0 Å². The van der Waals surface area contributed by atoms with Gasteiger partial charge in [0.2, 0.25) is 41.4 Å². The van der Waals surface area contributed by atoms with E-state index in [2.05, 4.69) is 52.7 Å². The Morgan fingerprint density at radius 3 is 1.97 bits per heavy atom. The number of carbonyl (C=O) groups is 7. The van der Waals surface area contributed by atoms with Gasteiger partial charge in [0.25, 0.3) is 0 Å². The molecular weight excluding hydrogens is 1000 g/mol. The van der Waals surface area contributed by atoms with Gasteiger partial charge in [0.15, 0.2) is 0 Å². The molecule has 0 radical (unpaired) electrons. The Balaban J connectivity index is 1.73. The molecule has 3 aliphatic rings. The lowest BCUT2D eigenvalue weighted by atomic mass is 9.91. The first-order chi connectivity index (χ1) is 36.5. The second kappa shape index (κ2) is 31.5. The summed E-state index contributed by atoms with van der Waals surface area (Å²) in [4.78, 5) is 102. The van der Waals surface area contributed by atoms with E-state index in [-0.39, 0.29) is 56.8 Å². The van der Waals surface area contributed by atoms with Crippen molar-refractivity contribution in [3.63, 3.8) is 0 Å². The number of phenols is 1. The molecule has 7 amide bonds. The van der Waals surface area contributed by atoms with Crippen LogP contribution in [0.25, 0.3) is 0 Å². The average Bonchev–Trinajstić information content (AvgIpc) is 3.99. The molecule has 1 aromatic rings. The number of carbonyl (C=O) groups excluding carboxylic acids is 7. The van der Waals surface area contributed by atoms with Gasteiger partial charge in [-0.1, -0.05) is 77.8 Å². The van der Waals surface area contributed by atoms with Crippen LogP contribution in [0.15, 0.2) is 24.3 Å². The second-order valence-electron chi connectivity index (χ2n) is 21.3. The van der Waals surface area contributed by atoms with Crippen LogP contribution < -0.4 is 43.4 Å². The third-order valence-electron chi connectivity index (χ3n) is 14.9. The van der Waals surface area contributed by atoms with E-state index < -0.39 is 146 Å². The quantitative estimate of drug-likeness (QED) is 0.0477. The third kappa shape index (κ3) is 18.8. The molecule has 18 N–H and O–H groups in total. The van der Waals surface area contributed by atoms with Gasteiger partial charge in [-0.05, 0) is 68.7 Å². The zero-order valence-corrected chi connectivity index (χ0v) is 45.0. The summed E-state index contributed by atoms with van der Waals surface area (Å²) in [6.07, 6.45) is -6.95. The van der Waals surface area contributed by atoms with Gasteiger partial charge in [0.05, 0.1) is 30.5 Å². The normalized spacial score (nSPS) is 28.6. The highest BCUT2D eigenvalue weighted by Crippen LogP contribution is 2.27. The first-order valence-corrected chi connectivity index (χ1v) is 27.3. The van der Waals surface area contributed by atoms with Gasteiger partial charge < -0.3 is 88.7 Å². The molecule has 1 aromatic carbocycles. The molecule has 436 valence electrons. The highest BCUT2D eigenvalue weighted by molar-refractivity contribution is 5.98. The van der Waals surface area contributed by atoms with E-state index in [4.69, 9.17) is 11.5 Å². The fraction of sp³-hybridized carbons (Fsp3) is 0.750. The maximum absolute atomic E-state index is 14.6. The molecule has 3 fully saturated rings.